The summed E-state index contributed by atoms with van der Waals surface area (Å²) >= 11 is 0. The molecule has 4 fully saturated rings. The molecule has 0 aromatic rings. The van der Waals surface area contributed by atoms with Crippen LogP contribution in [-0.4, -0.2) is 22.3 Å². The van der Waals surface area contributed by atoms with Crippen LogP contribution >= 0.6 is 0 Å². The van der Waals surface area contributed by atoms with Gasteiger partial charge in [0.05, 0.1) is 6.10 Å². The number of aliphatic hydroxyl groups is 1. The van der Waals surface area contributed by atoms with Crippen molar-refractivity contribution >= 4 is 5.97 Å². The van der Waals surface area contributed by atoms with E-state index < -0.39 is 5.97 Å². The van der Waals surface area contributed by atoms with Gasteiger partial charge in [-0.05, 0) is 97.7 Å². The molecule has 0 bridgehead atoms. The first kappa shape index (κ1) is 19.7. The van der Waals surface area contributed by atoms with Crippen LogP contribution < -0.4 is 0 Å². The minimum absolute atomic E-state index is 0.0950. The SMILES string of the molecule is C[C@H](CCC(=O)O)[C@H]1CC[C@H]2[C@@H]3C[C@H](O)C4CCCC[C@]4(C)[C@H]3CC[C@]12C. The molecule has 0 aliphatic heterocycles. The topological polar surface area (TPSA) is 57.5 Å². The highest BCUT2D eigenvalue weighted by molar-refractivity contribution is 5.66. The van der Waals surface area contributed by atoms with Crippen LogP contribution in [0.1, 0.15) is 91.4 Å². The molecule has 4 aliphatic rings. The van der Waals surface area contributed by atoms with E-state index in [4.69, 9.17) is 5.11 Å². The van der Waals surface area contributed by atoms with Crippen molar-refractivity contribution in [2.24, 2.45) is 46.3 Å². The van der Waals surface area contributed by atoms with Crippen molar-refractivity contribution in [2.75, 3.05) is 0 Å². The van der Waals surface area contributed by atoms with Gasteiger partial charge in [0.25, 0.3) is 0 Å². The van der Waals surface area contributed by atoms with Crippen molar-refractivity contribution in [1.29, 1.82) is 0 Å². The first-order valence-electron chi connectivity index (χ1n) is 11.7. The van der Waals surface area contributed by atoms with Crippen LogP contribution in [0.25, 0.3) is 0 Å². The fourth-order valence-electron chi connectivity index (χ4n) is 8.88. The summed E-state index contributed by atoms with van der Waals surface area (Å²) in [4.78, 5) is 11.0. The van der Waals surface area contributed by atoms with E-state index in [0.29, 0.717) is 40.9 Å². The molecule has 9 atom stereocenters. The molecular formula is C24H40O3. The van der Waals surface area contributed by atoms with Crippen LogP contribution in [0.5, 0.6) is 0 Å². The average molecular weight is 377 g/mol. The highest BCUT2D eigenvalue weighted by Crippen LogP contribution is 2.68. The number of fused-ring (bicyclic) bond motifs is 5. The Morgan fingerprint density at radius 2 is 1.74 bits per heavy atom. The van der Waals surface area contributed by atoms with Gasteiger partial charge >= 0.3 is 5.97 Å². The molecule has 0 aromatic heterocycles. The van der Waals surface area contributed by atoms with Crippen molar-refractivity contribution < 1.29 is 15.0 Å². The number of aliphatic hydroxyl groups excluding tert-OH is 1. The quantitative estimate of drug-likeness (QED) is 0.680. The van der Waals surface area contributed by atoms with Crippen molar-refractivity contribution in [3.05, 3.63) is 0 Å². The average Bonchev–Trinajstić information content (AvgIpc) is 2.97. The van der Waals surface area contributed by atoms with E-state index in [1.807, 2.05) is 0 Å². The molecule has 1 unspecified atom stereocenters. The van der Waals surface area contributed by atoms with Crippen LogP contribution in [-0.2, 0) is 4.79 Å². The molecule has 154 valence electrons. The van der Waals surface area contributed by atoms with Gasteiger partial charge in [0.1, 0.15) is 0 Å². The Morgan fingerprint density at radius 3 is 2.48 bits per heavy atom. The van der Waals surface area contributed by atoms with Gasteiger partial charge in [0.2, 0.25) is 0 Å². The number of carboxylic acid groups (broad SMARTS) is 1. The molecule has 0 saturated heterocycles. The van der Waals surface area contributed by atoms with Gasteiger partial charge in [-0.3, -0.25) is 4.79 Å². The van der Waals surface area contributed by atoms with Crippen molar-refractivity contribution in [1.82, 2.24) is 0 Å². The van der Waals surface area contributed by atoms with Crippen molar-refractivity contribution in [2.45, 2.75) is 97.5 Å². The Bertz CT molecular complexity index is 574. The Labute approximate surface area is 165 Å². The maximum Gasteiger partial charge on any atom is 0.303 e. The van der Waals surface area contributed by atoms with Gasteiger partial charge in [-0.2, -0.15) is 0 Å². The van der Waals surface area contributed by atoms with Crippen molar-refractivity contribution in [3.63, 3.8) is 0 Å². The summed E-state index contributed by atoms with van der Waals surface area (Å²) < 4.78 is 0. The predicted octanol–water partition coefficient (Wildman–Crippen LogP) is 5.51. The van der Waals surface area contributed by atoms with Crippen molar-refractivity contribution in [3.8, 4) is 0 Å². The Hall–Kier alpha value is -0.570. The number of carbonyl (C=O) groups is 1. The highest BCUT2D eigenvalue weighted by atomic mass is 16.4. The molecule has 0 heterocycles. The van der Waals surface area contributed by atoms with Gasteiger partial charge in [0, 0.05) is 6.42 Å². The van der Waals surface area contributed by atoms with E-state index in [-0.39, 0.29) is 6.10 Å². The van der Waals surface area contributed by atoms with E-state index in [9.17, 15) is 9.90 Å². The first-order chi connectivity index (χ1) is 12.8. The maximum atomic E-state index is 11.1. The van der Waals surface area contributed by atoms with Crippen LogP contribution in [0, 0.1) is 46.3 Å². The van der Waals surface area contributed by atoms with Crippen LogP contribution in [0.3, 0.4) is 0 Å². The Kier molecular flexibility index (Phi) is 5.15. The van der Waals surface area contributed by atoms with Gasteiger partial charge in [-0.25, -0.2) is 0 Å². The third-order valence-electron chi connectivity index (χ3n) is 10.2. The number of rotatable bonds is 4. The molecule has 3 nitrogen and oxygen atoms in total. The number of carboxylic acids is 1. The highest BCUT2D eigenvalue weighted by Gasteiger charge is 2.61. The predicted molar refractivity (Wildman–Crippen MR) is 107 cm³/mol. The molecule has 0 amide bonds. The Morgan fingerprint density at radius 1 is 1.00 bits per heavy atom. The third kappa shape index (κ3) is 3.07. The summed E-state index contributed by atoms with van der Waals surface area (Å²) in [6, 6.07) is 0. The molecule has 0 aromatic carbocycles. The molecular weight excluding hydrogens is 336 g/mol. The summed E-state index contributed by atoms with van der Waals surface area (Å²) in [7, 11) is 0. The largest absolute Gasteiger partial charge is 0.481 e. The molecule has 4 rings (SSSR count). The normalized spacial score (nSPS) is 50.4. The Balaban J connectivity index is 1.55. The van der Waals surface area contributed by atoms with Crippen LogP contribution in [0.4, 0.5) is 0 Å². The maximum absolute atomic E-state index is 11.1. The molecule has 0 radical (unpaired) electrons. The smallest absolute Gasteiger partial charge is 0.303 e. The van der Waals surface area contributed by atoms with Gasteiger partial charge in [-0.1, -0.05) is 33.6 Å². The molecule has 3 heteroatoms. The lowest BCUT2D eigenvalue weighted by atomic mass is 9.44. The lowest BCUT2D eigenvalue weighted by Gasteiger charge is -2.62. The summed E-state index contributed by atoms with van der Waals surface area (Å²) in [6.45, 7) is 7.33. The zero-order chi connectivity index (χ0) is 19.4. The fraction of sp³-hybridized carbons (Fsp3) is 0.958. The zero-order valence-electron chi connectivity index (χ0n) is 17.6. The van der Waals surface area contributed by atoms with Gasteiger partial charge < -0.3 is 10.2 Å². The summed E-state index contributed by atoms with van der Waals surface area (Å²) in [5.74, 6) is 3.27. The van der Waals surface area contributed by atoms with E-state index >= 15 is 0 Å². The second kappa shape index (κ2) is 7.04. The monoisotopic (exact) mass is 376 g/mol. The minimum atomic E-state index is -0.656. The lowest BCUT2D eigenvalue weighted by Crippen LogP contribution is -2.57. The fourth-order valence-corrected chi connectivity index (χ4v) is 8.88. The number of aliphatic carboxylic acids is 1. The molecule has 27 heavy (non-hydrogen) atoms. The molecule has 4 aliphatic carbocycles. The van der Waals surface area contributed by atoms with E-state index in [0.717, 1.165) is 24.7 Å². The second-order valence-corrected chi connectivity index (χ2v) is 11.2. The van der Waals surface area contributed by atoms with E-state index in [1.165, 1.54) is 51.4 Å². The summed E-state index contributed by atoms with van der Waals surface area (Å²) in [5, 5.41) is 20.2. The lowest BCUT2D eigenvalue weighted by molar-refractivity contribution is -0.159. The van der Waals surface area contributed by atoms with Gasteiger partial charge in [0.15, 0.2) is 0 Å². The van der Waals surface area contributed by atoms with E-state index in [2.05, 4.69) is 20.8 Å². The molecule has 0 spiro atoms. The standard InChI is InChI=1S/C24H40O3/c1-15(7-10-22(26)27)17-8-9-18-16-14-21(25)20-6-4-5-12-23(20,2)19(16)11-13-24(17,18)3/h15-21,25H,4-14H2,1-3H3,(H,26,27)/t15-,16+,17-,18+,19+,20?,21+,23-,24-/m1/s1. The van der Waals surface area contributed by atoms with Gasteiger partial charge in [-0.15, -0.1) is 0 Å². The van der Waals surface area contributed by atoms with E-state index in [1.54, 1.807) is 0 Å². The summed E-state index contributed by atoms with van der Waals surface area (Å²) in [5.41, 5.74) is 0.714. The summed E-state index contributed by atoms with van der Waals surface area (Å²) in [6.07, 6.45) is 12.5. The first-order valence-corrected chi connectivity index (χ1v) is 11.7. The minimum Gasteiger partial charge on any atom is -0.481 e. The number of hydrogen-bond acceptors (Lipinski definition) is 2. The van der Waals surface area contributed by atoms with Crippen LogP contribution in [0.2, 0.25) is 0 Å². The zero-order valence-corrected chi connectivity index (χ0v) is 17.6. The third-order valence-corrected chi connectivity index (χ3v) is 10.2. The second-order valence-electron chi connectivity index (χ2n) is 11.2. The molecule has 2 N–H and O–H groups in total. The number of hydrogen-bond donors (Lipinski definition) is 2. The van der Waals surface area contributed by atoms with Crippen LogP contribution in [0.15, 0.2) is 0 Å². The molecule has 4 saturated carbocycles.